The third-order valence-corrected chi connectivity index (χ3v) is 2.24. The summed E-state index contributed by atoms with van der Waals surface area (Å²) < 4.78 is 59.8. The lowest BCUT2D eigenvalue weighted by Crippen LogP contribution is -2.25. The van der Waals surface area contributed by atoms with Gasteiger partial charge in [0.2, 0.25) is 0 Å². The van der Waals surface area contributed by atoms with Gasteiger partial charge in [-0.2, -0.15) is 21.6 Å². The summed E-state index contributed by atoms with van der Waals surface area (Å²) >= 11 is 0. The maximum Gasteiger partial charge on any atom is 0.534 e. The van der Waals surface area contributed by atoms with Crippen LogP contribution < -0.4 is 0 Å². The van der Waals surface area contributed by atoms with Crippen LogP contribution in [0.2, 0.25) is 0 Å². The highest BCUT2D eigenvalue weighted by molar-refractivity contribution is 7.87. The van der Waals surface area contributed by atoms with E-state index in [-0.39, 0.29) is 12.2 Å². The van der Waals surface area contributed by atoms with Crippen LogP contribution in [-0.4, -0.2) is 13.9 Å². The molecule has 0 N–H and O–H groups in total. The molecule has 1 aliphatic carbocycles. The Morgan fingerprint density at radius 3 is 2.38 bits per heavy atom. The van der Waals surface area contributed by atoms with Gasteiger partial charge < -0.3 is 4.18 Å². The number of rotatable bonds is 2. The van der Waals surface area contributed by atoms with Crippen LogP contribution in [0.15, 0.2) is 24.0 Å². The van der Waals surface area contributed by atoms with E-state index >= 15 is 0 Å². The molecule has 3 nitrogen and oxygen atoms in total. The summed E-state index contributed by atoms with van der Waals surface area (Å²) in [6.45, 7) is 0. The van der Waals surface area contributed by atoms with Gasteiger partial charge in [0.25, 0.3) is 0 Å². The van der Waals surface area contributed by atoms with Crippen LogP contribution in [0.4, 0.5) is 13.2 Å². The van der Waals surface area contributed by atoms with Crippen molar-refractivity contribution >= 4 is 10.1 Å². The molecule has 0 amide bonds. The molecule has 0 spiro atoms. The minimum absolute atomic E-state index is 0.0648. The zero-order valence-corrected chi connectivity index (χ0v) is 7.02. The second-order valence-corrected chi connectivity index (χ2v) is 3.79. The molecule has 74 valence electrons. The maximum atomic E-state index is 11.7. The van der Waals surface area contributed by atoms with Crippen LogP contribution in [-0.2, 0) is 14.3 Å². The first-order valence-corrected chi connectivity index (χ1v) is 4.60. The molecule has 0 atom stereocenters. The number of allylic oxidation sites excluding steroid dienone is 3. The highest BCUT2D eigenvalue weighted by atomic mass is 32.2. The second-order valence-electron chi connectivity index (χ2n) is 2.25. The minimum Gasteiger partial charge on any atom is -0.380 e. The van der Waals surface area contributed by atoms with Gasteiger partial charge in [-0.25, -0.2) is 0 Å². The summed E-state index contributed by atoms with van der Waals surface area (Å²) in [6.07, 6.45) is 4.14. The Hall–Kier alpha value is -0.980. The van der Waals surface area contributed by atoms with Crippen molar-refractivity contribution in [2.45, 2.75) is 11.9 Å². The molecule has 0 bridgehead atoms. The smallest absolute Gasteiger partial charge is 0.380 e. The van der Waals surface area contributed by atoms with Crippen molar-refractivity contribution < 1.29 is 25.8 Å². The van der Waals surface area contributed by atoms with Gasteiger partial charge in [0.15, 0.2) is 0 Å². The maximum absolute atomic E-state index is 11.7. The summed E-state index contributed by atoms with van der Waals surface area (Å²) in [5, 5.41) is 0. The van der Waals surface area contributed by atoms with Gasteiger partial charge in [0, 0.05) is 6.42 Å². The molecular formula is C6H5F3O3S. The summed E-state index contributed by atoms with van der Waals surface area (Å²) in [6, 6.07) is 0. The van der Waals surface area contributed by atoms with Gasteiger partial charge in [-0.05, 0) is 6.08 Å². The molecule has 0 saturated carbocycles. The van der Waals surface area contributed by atoms with E-state index in [4.69, 9.17) is 0 Å². The lowest BCUT2D eigenvalue weighted by molar-refractivity contribution is -0.0522. The molecule has 0 aromatic carbocycles. The van der Waals surface area contributed by atoms with Crippen molar-refractivity contribution in [3.63, 3.8) is 0 Å². The van der Waals surface area contributed by atoms with Crippen LogP contribution in [0.25, 0.3) is 0 Å². The molecule has 13 heavy (non-hydrogen) atoms. The molecule has 0 saturated heterocycles. The lowest BCUT2D eigenvalue weighted by Gasteiger charge is -2.09. The highest BCUT2D eigenvalue weighted by Gasteiger charge is 2.48. The molecule has 0 fully saturated rings. The molecule has 0 radical (unpaired) electrons. The molecule has 0 heterocycles. The zero-order chi connectivity index (χ0) is 10.1. The fourth-order valence-electron chi connectivity index (χ4n) is 0.678. The van der Waals surface area contributed by atoms with Gasteiger partial charge in [0.05, 0.1) is 0 Å². The lowest BCUT2D eigenvalue weighted by atomic mass is 10.4. The Morgan fingerprint density at radius 2 is 2.00 bits per heavy atom. The van der Waals surface area contributed by atoms with Crippen molar-refractivity contribution in [1.82, 2.24) is 0 Å². The van der Waals surface area contributed by atoms with Crippen LogP contribution in [0.5, 0.6) is 0 Å². The number of hydrogen-bond acceptors (Lipinski definition) is 3. The van der Waals surface area contributed by atoms with E-state index in [2.05, 4.69) is 4.18 Å². The molecule has 1 aliphatic rings. The van der Waals surface area contributed by atoms with E-state index < -0.39 is 15.6 Å². The number of hydrogen-bond donors (Lipinski definition) is 0. The fourth-order valence-corrected chi connectivity index (χ4v) is 1.18. The van der Waals surface area contributed by atoms with E-state index in [1.54, 1.807) is 0 Å². The first-order chi connectivity index (χ1) is 5.83. The molecule has 1 rings (SSSR count). The van der Waals surface area contributed by atoms with Crippen LogP contribution >= 0.6 is 0 Å². The van der Waals surface area contributed by atoms with E-state index in [9.17, 15) is 21.6 Å². The average Bonchev–Trinajstić information content (AvgIpc) is 2.35. The predicted octanol–water partition coefficient (Wildman–Crippen LogP) is 1.70. The Balaban J connectivity index is 2.75. The topological polar surface area (TPSA) is 43.4 Å². The van der Waals surface area contributed by atoms with Crippen molar-refractivity contribution in [3.8, 4) is 0 Å². The van der Waals surface area contributed by atoms with Crippen molar-refractivity contribution in [2.24, 2.45) is 0 Å². The van der Waals surface area contributed by atoms with Crippen molar-refractivity contribution in [3.05, 3.63) is 24.0 Å². The highest BCUT2D eigenvalue weighted by Crippen LogP contribution is 2.28. The monoisotopic (exact) mass is 214 g/mol. The van der Waals surface area contributed by atoms with Gasteiger partial charge in [-0.1, -0.05) is 12.2 Å². The van der Waals surface area contributed by atoms with Crippen LogP contribution in [0, 0.1) is 0 Å². The summed E-state index contributed by atoms with van der Waals surface area (Å²) in [4.78, 5) is 0. The third kappa shape index (κ3) is 2.24. The van der Waals surface area contributed by atoms with E-state index in [1.165, 1.54) is 18.2 Å². The largest absolute Gasteiger partial charge is 0.534 e. The van der Waals surface area contributed by atoms with Gasteiger partial charge in [-0.3, -0.25) is 0 Å². The Bertz CT molecular complexity index is 350. The van der Waals surface area contributed by atoms with Crippen LogP contribution in [0.3, 0.4) is 0 Å². The van der Waals surface area contributed by atoms with Gasteiger partial charge in [-0.15, -0.1) is 0 Å². The molecule has 0 aliphatic heterocycles. The van der Waals surface area contributed by atoms with Gasteiger partial charge >= 0.3 is 15.6 Å². The van der Waals surface area contributed by atoms with Crippen molar-refractivity contribution in [2.75, 3.05) is 0 Å². The normalized spacial score (nSPS) is 17.3. The van der Waals surface area contributed by atoms with Crippen LogP contribution in [0.1, 0.15) is 6.42 Å². The predicted molar refractivity (Wildman–Crippen MR) is 37.9 cm³/mol. The standard InChI is InChI=1S/C6H5F3O3S/c7-6(8,9)13(10,11)12-5-3-1-2-4-5/h1-3H,4H2. The zero-order valence-electron chi connectivity index (χ0n) is 6.21. The molecular weight excluding hydrogens is 209 g/mol. The quantitative estimate of drug-likeness (QED) is 0.519. The van der Waals surface area contributed by atoms with E-state index in [0.29, 0.717) is 0 Å². The Labute approximate surface area is 72.6 Å². The number of alkyl halides is 3. The Morgan fingerprint density at radius 1 is 1.38 bits per heavy atom. The third-order valence-electron chi connectivity index (χ3n) is 1.24. The molecule has 0 aromatic rings. The second kappa shape index (κ2) is 3.06. The summed E-state index contributed by atoms with van der Waals surface area (Å²) in [7, 11) is -5.49. The van der Waals surface area contributed by atoms with E-state index in [1.807, 2.05) is 0 Å². The summed E-state index contributed by atoms with van der Waals surface area (Å²) in [5.74, 6) is -0.225. The minimum atomic E-state index is -5.49. The fraction of sp³-hybridized carbons (Fsp3) is 0.333. The van der Waals surface area contributed by atoms with E-state index in [0.717, 1.165) is 0 Å². The van der Waals surface area contributed by atoms with Crippen molar-refractivity contribution in [1.29, 1.82) is 0 Å². The average molecular weight is 214 g/mol. The SMILES string of the molecule is O=S(=O)(OC1=CC=CC1)C(F)(F)F. The molecule has 7 heteroatoms. The first kappa shape index (κ1) is 10.1. The molecule has 0 aromatic heterocycles. The Kier molecular flexibility index (Phi) is 2.38. The first-order valence-electron chi connectivity index (χ1n) is 3.19. The summed E-state index contributed by atoms with van der Waals surface area (Å²) in [5.41, 5.74) is -5.36. The molecule has 0 unspecified atom stereocenters. The number of halogens is 3. The van der Waals surface area contributed by atoms with Gasteiger partial charge in [0.1, 0.15) is 5.76 Å².